The maximum Gasteiger partial charge on any atom is 0.399 e. The number of carbonyl (C=O) groups excluding carboxylic acids is 3. The van der Waals surface area contributed by atoms with E-state index < -0.39 is 36.8 Å². The third-order valence-corrected chi connectivity index (χ3v) is 13.0. The number of nitrogens with zero attached hydrogens (tertiary/aromatic N) is 4. The molecule has 4 aliphatic rings. The van der Waals surface area contributed by atoms with Gasteiger partial charge in [-0.05, 0) is 80.8 Å². The van der Waals surface area contributed by atoms with E-state index in [1.807, 2.05) is 30.3 Å². The van der Waals surface area contributed by atoms with Gasteiger partial charge >= 0.3 is 13.3 Å². The van der Waals surface area contributed by atoms with Gasteiger partial charge in [0.25, 0.3) is 5.91 Å². The molecule has 15 heteroatoms. The summed E-state index contributed by atoms with van der Waals surface area (Å²) in [5, 5.41) is 13.1. The van der Waals surface area contributed by atoms with E-state index in [0.29, 0.717) is 30.5 Å². The monoisotopic (exact) mass is 725 g/mol. The Hall–Kier alpha value is -3.73. The second kappa shape index (κ2) is 13.4. The van der Waals surface area contributed by atoms with Crippen LogP contribution in [-0.4, -0.2) is 92.6 Å². The molecule has 7 rings (SSSR count). The fourth-order valence-electron chi connectivity index (χ4n) is 8.06. The molecule has 0 bridgehead atoms. The highest BCUT2D eigenvalue weighted by molar-refractivity contribution is 7.52. The van der Waals surface area contributed by atoms with Gasteiger partial charge in [0.1, 0.15) is 12.1 Å². The van der Waals surface area contributed by atoms with Crippen molar-refractivity contribution in [1.29, 1.82) is 5.26 Å². The summed E-state index contributed by atoms with van der Waals surface area (Å²) in [6.45, 7) is 2.48. The highest BCUT2D eigenvalue weighted by Crippen LogP contribution is 2.59. The molecule has 11 nitrogen and oxygen atoms in total. The van der Waals surface area contributed by atoms with E-state index in [9.17, 15) is 42.8 Å². The SMILES string of the molecule is N#C[C@@H]1CN(C(=O)[C@@H]2CC[C@@H]3CC[C@@H](N4CCC4)C[C@H](NC(=O)c4cc5cc(C(F)(F)P(=O)(O)O)ccc5s4)C(=O)N32)C[C@H]1c1ccccc1. The molecular weight excluding hydrogens is 687 g/mol. The summed E-state index contributed by atoms with van der Waals surface area (Å²) in [6.07, 6.45) is 4.10. The standard InChI is InChI=1S/C35H38F2N5O6PS/c36-35(37,49(46,47)48)24-7-12-30-22(15-24)16-31(50-30)32(43)39-28-17-26(40-13-4-14-40)9-8-25-10-11-29(42(25)33(28)44)34(45)41-19-23(18-38)27(20-41)21-5-2-1-3-6-21/h1-3,5-7,12,15-16,23,25-29H,4,8-11,13-14,17,19-20H2,(H,39,43)(H2,46,47,48)/t23-,25+,26-,27+,28+,29+/m1/s1. The molecule has 4 aliphatic heterocycles. The molecule has 6 atom stereocenters. The number of nitriles is 1. The van der Waals surface area contributed by atoms with Gasteiger partial charge in [-0.1, -0.05) is 36.4 Å². The molecule has 264 valence electrons. The van der Waals surface area contributed by atoms with Crippen molar-refractivity contribution in [2.45, 2.75) is 74.3 Å². The molecule has 4 fully saturated rings. The van der Waals surface area contributed by atoms with Gasteiger partial charge in [0, 0.05) is 41.4 Å². The fourth-order valence-corrected chi connectivity index (χ4v) is 9.48. The summed E-state index contributed by atoms with van der Waals surface area (Å²) in [5.74, 6) is -1.58. The van der Waals surface area contributed by atoms with Crippen molar-refractivity contribution in [2.24, 2.45) is 5.92 Å². The van der Waals surface area contributed by atoms with Gasteiger partial charge in [-0.25, -0.2) is 0 Å². The summed E-state index contributed by atoms with van der Waals surface area (Å²) >= 11 is 1.02. The average Bonchev–Trinajstić information content (AvgIpc) is 3.81. The number of halogens is 2. The minimum Gasteiger partial charge on any atom is -0.339 e. The Balaban J connectivity index is 1.13. The van der Waals surface area contributed by atoms with Crippen LogP contribution >= 0.6 is 18.9 Å². The van der Waals surface area contributed by atoms with Crippen LogP contribution in [0.4, 0.5) is 8.78 Å². The van der Waals surface area contributed by atoms with Crippen molar-refractivity contribution < 1.29 is 37.5 Å². The highest BCUT2D eigenvalue weighted by Gasteiger charge is 2.51. The van der Waals surface area contributed by atoms with Crippen LogP contribution in [0.1, 0.15) is 65.2 Å². The normalized spacial score (nSPS) is 27.7. The highest BCUT2D eigenvalue weighted by atomic mass is 32.1. The van der Waals surface area contributed by atoms with Crippen LogP contribution in [0.3, 0.4) is 0 Å². The van der Waals surface area contributed by atoms with Crippen molar-refractivity contribution in [3.63, 3.8) is 0 Å². The zero-order valence-electron chi connectivity index (χ0n) is 27.2. The van der Waals surface area contributed by atoms with Crippen LogP contribution in [0.5, 0.6) is 0 Å². The molecule has 50 heavy (non-hydrogen) atoms. The molecule has 4 saturated heterocycles. The molecule has 2 aromatic carbocycles. The molecule has 3 aromatic rings. The maximum absolute atomic E-state index is 14.5. The van der Waals surface area contributed by atoms with E-state index in [1.54, 1.807) is 9.80 Å². The van der Waals surface area contributed by atoms with E-state index in [0.717, 1.165) is 61.4 Å². The molecule has 3 N–H and O–H groups in total. The molecule has 0 saturated carbocycles. The molecule has 0 radical (unpaired) electrons. The van der Waals surface area contributed by atoms with Crippen LogP contribution in [0.25, 0.3) is 10.1 Å². The lowest BCUT2D eigenvalue weighted by Gasteiger charge is -2.44. The molecular formula is C35H38F2N5O6PS. The summed E-state index contributed by atoms with van der Waals surface area (Å²) in [6, 6.07) is 14.8. The number of amides is 3. The number of hydrogen-bond acceptors (Lipinski definition) is 7. The van der Waals surface area contributed by atoms with Gasteiger partial charge in [0.2, 0.25) is 11.8 Å². The van der Waals surface area contributed by atoms with Crippen LogP contribution in [0.2, 0.25) is 0 Å². The van der Waals surface area contributed by atoms with E-state index in [-0.39, 0.29) is 52.5 Å². The lowest BCUT2D eigenvalue weighted by atomic mass is 9.90. The number of rotatable bonds is 7. The smallest absolute Gasteiger partial charge is 0.339 e. The van der Waals surface area contributed by atoms with E-state index in [4.69, 9.17) is 0 Å². The zero-order chi connectivity index (χ0) is 35.4. The lowest BCUT2D eigenvalue weighted by Crippen LogP contribution is -2.59. The number of likely N-dealkylation sites (tertiary alicyclic amines) is 2. The van der Waals surface area contributed by atoms with Gasteiger partial charge < -0.3 is 29.8 Å². The Bertz CT molecular complexity index is 1890. The first-order valence-corrected chi connectivity index (χ1v) is 19.4. The van der Waals surface area contributed by atoms with Crippen molar-refractivity contribution in [1.82, 2.24) is 20.0 Å². The number of benzene rings is 2. The van der Waals surface area contributed by atoms with E-state index in [1.165, 1.54) is 12.1 Å². The van der Waals surface area contributed by atoms with Gasteiger partial charge in [-0.2, -0.15) is 14.0 Å². The first kappa shape index (κ1) is 34.7. The van der Waals surface area contributed by atoms with E-state index >= 15 is 0 Å². The second-order valence-electron chi connectivity index (χ2n) is 13.8. The van der Waals surface area contributed by atoms with Crippen molar-refractivity contribution in [2.75, 3.05) is 26.2 Å². The van der Waals surface area contributed by atoms with Crippen LogP contribution in [-0.2, 0) is 19.8 Å². The number of hydrogen-bond donors (Lipinski definition) is 3. The summed E-state index contributed by atoms with van der Waals surface area (Å²) in [4.78, 5) is 66.6. The number of alkyl halides is 2. The first-order chi connectivity index (χ1) is 23.9. The zero-order valence-corrected chi connectivity index (χ0v) is 28.9. The minimum atomic E-state index is -5.78. The van der Waals surface area contributed by atoms with Crippen LogP contribution < -0.4 is 5.32 Å². The Labute approximate surface area is 292 Å². The van der Waals surface area contributed by atoms with Gasteiger partial charge in [-0.15, -0.1) is 11.3 Å². The third kappa shape index (κ3) is 6.35. The number of fused-ring (bicyclic) bond motifs is 2. The lowest BCUT2D eigenvalue weighted by molar-refractivity contribution is -0.147. The molecule has 0 spiro atoms. The van der Waals surface area contributed by atoms with Gasteiger partial charge in [-0.3, -0.25) is 18.9 Å². The molecule has 0 aliphatic carbocycles. The number of nitrogens with one attached hydrogen (secondary N) is 1. The van der Waals surface area contributed by atoms with Crippen molar-refractivity contribution in [3.05, 3.63) is 70.6 Å². The second-order valence-corrected chi connectivity index (χ2v) is 16.6. The summed E-state index contributed by atoms with van der Waals surface area (Å²) in [5.41, 5.74) is -4.26. The Morgan fingerprint density at radius 3 is 2.40 bits per heavy atom. The van der Waals surface area contributed by atoms with Crippen LogP contribution in [0, 0.1) is 17.2 Å². The fraction of sp³-hybridized carbons (Fsp3) is 0.486. The largest absolute Gasteiger partial charge is 0.399 e. The molecule has 3 amide bonds. The van der Waals surface area contributed by atoms with Crippen LogP contribution in [0.15, 0.2) is 54.6 Å². The van der Waals surface area contributed by atoms with Gasteiger partial charge in [0.05, 0.1) is 16.9 Å². The predicted octanol–water partition coefficient (Wildman–Crippen LogP) is 4.61. The summed E-state index contributed by atoms with van der Waals surface area (Å²) in [7, 11) is -5.78. The molecule has 0 unspecified atom stereocenters. The van der Waals surface area contributed by atoms with E-state index in [2.05, 4.69) is 16.3 Å². The molecule has 5 heterocycles. The minimum absolute atomic E-state index is 0.0661. The Morgan fingerprint density at radius 2 is 1.72 bits per heavy atom. The summed E-state index contributed by atoms with van der Waals surface area (Å²) < 4.78 is 40.7. The van der Waals surface area contributed by atoms with Crippen molar-refractivity contribution in [3.8, 4) is 6.07 Å². The maximum atomic E-state index is 14.5. The van der Waals surface area contributed by atoms with Gasteiger partial charge in [0.15, 0.2) is 0 Å². The topological polar surface area (TPSA) is 154 Å². The average molecular weight is 726 g/mol. The quantitative estimate of drug-likeness (QED) is 0.299. The van der Waals surface area contributed by atoms with Crippen molar-refractivity contribution >= 4 is 46.7 Å². The Kier molecular flexibility index (Phi) is 9.32. The number of carbonyl (C=O) groups is 3. The number of thiophene rings is 1. The first-order valence-electron chi connectivity index (χ1n) is 16.9. The Morgan fingerprint density at radius 1 is 1.00 bits per heavy atom. The predicted molar refractivity (Wildman–Crippen MR) is 181 cm³/mol. The molecule has 1 aromatic heterocycles. The third-order valence-electron chi connectivity index (χ3n) is 10.9.